The van der Waals surface area contributed by atoms with Crippen LogP contribution < -0.4 is 15.4 Å². The first kappa shape index (κ1) is 22.6. The first-order chi connectivity index (χ1) is 15.0. The third-order valence-corrected chi connectivity index (χ3v) is 6.23. The fourth-order valence-electron chi connectivity index (χ4n) is 3.64. The predicted octanol–water partition coefficient (Wildman–Crippen LogP) is 2.71. The van der Waals surface area contributed by atoms with Gasteiger partial charge in [0, 0.05) is 25.2 Å². The van der Waals surface area contributed by atoms with Crippen LogP contribution in [0.15, 0.2) is 54.4 Å². The quantitative estimate of drug-likeness (QED) is 0.617. The standard InChI is InChI=1S/C23H27N3O4S/c1-3-12-24-22(28)20(25-21(27)17-6-8-18(30-2)9-7-17)16-10-13-26(14-11-16)23(29)19-5-4-15-31-19/h3-9,15-16,20H,1,10-14H2,2H3,(H,24,28)(H,25,27)/t20-/m0/s1. The molecule has 31 heavy (non-hydrogen) atoms. The molecular weight excluding hydrogens is 414 g/mol. The van der Waals surface area contributed by atoms with Gasteiger partial charge in [0.2, 0.25) is 5.91 Å². The van der Waals surface area contributed by atoms with E-state index in [1.807, 2.05) is 22.4 Å². The summed E-state index contributed by atoms with van der Waals surface area (Å²) in [6, 6.07) is 9.73. The van der Waals surface area contributed by atoms with Crippen LogP contribution in [0.25, 0.3) is 0 Å². The average molecular weight is 442 g/mol. The third-order valence-electron chi connectivity index (χ3n) is 5.37. The summed E-state index contributed by atoms with van der Waals surface area (Å²) in [6.45, 7) is 5.04. The molecule has 3 rings (SSSR count). The van der Waals surface area contributed by atoms with Crippen LogP contribution >= 0.6 is 11.3 Å². The highest BCUT2D eigenvalue weighted by molar-refractivity contribution is 7.12. The van der Waals surface area contributed by atoms with Crippen molar-refractivity contribution in [3.05, 3.63) is 64.9 Å². The molecular formula is C23H27N3O4S. The van der Waals surface area contributed by atoms with Gasteiger partial charge < -0.3 is 20.3 Å². The van der Waals surface area contributed by atoms with Crippen molar-refractivity contribution in [2.45, 2.75) is 18.9 Å². The Morgan fingerprint density at radius 1 is 1.23 bits per heavy atom. The molecule has 7 nitrogen and oxygen atoms in total. The van der Waals surface area contributed by atoms with E-state index in [1.54, 1.807) is 37.5 Å². The molecule has 0 unspecified atom stereocenters. The Morgan fingerprint density at radius 3 is 2.52 bits per heavy atom. The van der Waals surface area contributed by atoms with Crippen molar-refractivity contribution in [3.8, 4) is 5.75 Å². The Morgan fingerprint density at radius 2 is 1.94 bits per heavy atom. The van der Waals surface area contributed by atoms with Gasteiger partial charge in [-0.15, -0.1) is 17.9 Å². The van der Waals surface area contributed by atoms with E-state index in [0.29, 0.717) is 48.7 Å². The smallest absolute Gasteiger partial charge is 0.263 e. The molecule has 1 aliphatic heterocycles. The lowest BCUT2D eigenvalue weighted by Gasteiger charge is -2.35. The number of carbonyl (C=O) groups excluding carboxylic acids is 3. The Bertz CT molecular complexity index is 903. The molecule has 0 bridgehead atoms. The number of rotatable bonds is 8. The molecule has 2 aromatic rings. The maximum Gasteiger partial charge on any atom is 0.263 e. The fraction of sp³-hybridized carbons (Fsp3) is 0.348. The maximum absolute atomic E-state index is 12.8. The molecule has 2 N–H and O–H groups in total. The summed E-state index contributed by atoms with van der Waals surface area (Å²) in [5, 5.41) is 7.57. The second kappa shape index (κ2) is 10.8. The molecule has 1 aromatic heterocycles. The summed E-state index contributed by atoms with van der Waals surface area (Å²) in [4.78, 5) is 40.7. The Labute approximate surface area is 186 Å². The van der Waals surface area contributed by atoms with Crippen molar-refractivity contribution in [3.63, 3.8) is 0 Å². The van der Waals surface area contributed by atoms with Crippen LogP contribution in [0.5, 0.6) is 5.75 Å². The van der Waals surface area contributed by atoms with Crippen LogP contribution in [0.2, 0.25) is 0 Å². The number of benzene rings is 1. The van der Waals surface area contributed by atoms with Crippen LogP contribution in [0.3, 0.4) is 0 Å². The zero-order valence-corrected chi connectivity index (χ0v) is 18.3. The van der Waals surface area contributed by atoms with E-state index in [1.165, 1.54) is 11.3 Å². The number of nitrogens with one attached hydrogen (secondary N) is 2. The van der Waals surface area contributed by atoms with Crippen LogP contribution in [-0.2, 0) is 4.79 Å². The van der Waals surface area contributed by atoms with E-state index in [-0.39, 0.29) is 23.6 Å². The molecule has 1 saturated heterocycles. The van der Waals surface area contributed by atoms with Gasteiger partial charge in [-0.1, -0.05) is 12.1 Å². The SMILES string of the molecule is C=CCNC(=O)[C@@H](NC(=O)c1ccc(OC)cc1)C1CCN(C(=O)c2cccs2)CC1. The summed E-state index contributed by atoms with van der Waals surface area (Å²) in [6.07, 6.45) is 2.86. The minimum atomic E-state index is -0.687. The van der Waals surface area contributed by atoms with Crippen LogP contribution in [0.4, 0.5) is 0 Å². The lowest BCUT2D eigenvalue weighted by Crippen LogP contribution is -2.53. The van der Waals surface area contributed by atoms with Crippen molar-refractivity contribution < 1.29 is 19.1 Å². The van der Waals surface area contributed by atoms with Crippen molar-refractivity contribution in [1.82, 2.24) is 15.5 Å². The number of amides is 3. The average Bonchev–Trinajstić information content (AvgIpc) is 3.35. The molecule has 0 saturated carbocycles. The molecule has 0 aliphatic carbocycles. The molecule has 0 spiro atoms. The summed E-state index contributed by atoms with van der Waals surface area (Å²) in [5.74, 6) is 0.0330. The monoisotopic (exact) mass is 441 g/mol. The van der Waals surface area contributed by atoms with Gasteiger partial charge in [0.15, 0.2) is 0 Å². The molecule has 164 valence electrons. The van der Waals surface area contributed by atoms with E-state index in [2.05, 4.69) is 17.2 Å². The second-order valence-corrected chi connectivity index (χ2v) is 8.27. The van der Waals surface area contributed by atoms with Crippen LogP contribution in [-0.4, -0.2) is 55.4 Å². The second-order valence-electron chi connectivity index (χ2n) is 7.32. The number of ether oxygens (including phenoxy) is 1. The van der Waals surface area contributed by atoms with Gasteiger partial charge in [0.1, 0.15) is 11.8 Å². The third kappa shape index (κ3) is 5.73. The van der Waals surface area contributed by atoms with Gasteiger partial charge >= 0.3 is 0 Å². The molecule has 2 heterocycles. The highest BCUT2D eigenvalue weighted by Gasteiger charge is 2.34. The van der Waals surface area contributed by atoms with E-state index in [0.717, 1.165) is 0 Å². The molecule has 1 atom stereocenters. The highest BCUT2D eigenvalue weighted by Crippen LogP contribution is 2.24. The predicted molar refractivity (Wildman–Crippen MR) is 120 cm³/mol. The number of hydrogen-bond donors (Lipinski definition) is 2. The topological polar surface area (TPSA) is 87.7 Å². The van der Waals surface area contributed by atoms with E-state index in [9.17, 15) is 14.4 Å². The highest BCUT2D eigenvalue weighted by atomic mass is 32.1. The zero-order chi connectivity index (χ0) is 22.2. The molecule has 8 heteroatoms. The summed E-state index contributed by atoms with van der Waals surface area (Å²) < 4.78 is 5.13. The van der Waals surface area contributed by atoms with Crippen molar-refractivity contribution in [2.75, 3.05) is 26.7 Å². The van der Waals surface area contributed by atoms with E-state index in [4.69, 9.17) is 4.74 Å². The lowest BCUT2D eigenvalue weighted by molar-refractivity contribution is -0.124. The number of methoxy groups -OCH3 is 1. The van der Waals surface area contributed by atoms with Gasteiger partial charge in [-0.2, -0.15) is 0 Å². The van der Waals surface area contributed by atoms with Crippen molar-refractivity contribution in [1.29, 1.82) is 0 Å². The summed E-state index contributed by atoms with van der Waals surface area (Å²) in [7, 11) is 1.56. The van der Waals surface area contributed by atoms with Crippen LogP contribution in [0, 0.1) is 5.92 Å². The summed E-state index contributed by atoms with van der Waals surface area (Å²) >= 11 is 1.42. The minimum Gasteiger partial charge on any atom is -0.497 e. The molecule has 3 amide bonds. The van der Waals surface area contributed by atoms with E-state index < -0.39 is 6.04 Å². The Hall–Kier alpha value is -3.13. The largest absolute Gasteiger partial charge is 0.497 e. The zero-order valence-electron chi connectivity index (χ0n) is 17.5. The van der Waals surface area contributed by atoms with Gasteiger partial charge in [-0.05, 0) is 54.5 Å². The fourth-order valence-corrected chi connectivity index (χ4v) is 4.33. The number of hydrogen-bond acceptors (Lipinski definition) is 5. The first-order valence-electron chi connectivity index (χ1n) is 10.2. The molecule has 1 fully saturated rings. The van der Waals surface area contributed by atoms with E-state index >= 15 is 0 Å². The summed E-state index contributed by atoms with van der Waals surface area (Å²) in [5.41, 5.74) is 0.452. The van der Waals surface area contributed by atoms with Gasteiger partial charge in [-0.3, -0.25) is 14.4 Å². The van der Waals surface area contributed by atoms with Crippen molar-refractivity contribution in [2.24, 2.45) is 5.92 Å². The molecule has 1 aromatic carbocycles. The normalized spacial score (nSPS) is 15.1. The molecule has 1 aliphatic rings. The lowest BCUT2D eigenvalue weighted by atomic mass is 9.88. The van der Waals surface area contributed by atoms with Gasteiger partial charge in [0.25, 0.3) is 11.8 Å². The van der Waals surface area contributed by atoms with Crippen LogP contribution in [0.1, 0.15) is 32.9 Å². The van der Waals surface area contributed by atoms with Gasteiger partial charge in [-0.25, -0.2) is 0 Å². The minimum absolute atomic E-state index is 0.0170. The van der Waals surface area contributed by atoms with Crippen molar-refractivity contribution >= 4 is 29.1 Å². The maximum atomic E-state index is 12.8. The number of piperidine rings is 1. The Balaban J connectivity index is 1.67. The van der Waals surface area contributed by atoms with Gasteiger partial charge in [0.05, 0.1) is 12.0 Å². The number of likely N-dealkylation sites (tertiary alicyclic amines) is 1. The Kier molecular flexibility index (Phi) is 7.83. The number of nitrogens with zero attached hydrogens (tertiary/aromatic N) is 1. The molecule has 0 radical (unpaired) electrons. The first-order valence-corrected chi connectivity index (χ1v) is 11.1. The number of carbonyl (C=O) groups is 3. The number of thiophene rings is 1.